The van der Waals surface area contributed by atoms with Gasteiger partial charge in [-0.25, -0.2) is 0 Å². The molecule has 0 bridgehead atoms. The van der Waals surface area contributed by atoms with Gasteiger partial charge in [0.2, 0.25) is 0 Å². The van der Waals surface area contributed by atoms with Crippen molar-refractivity contribution >= 4 is 0 Å². The fourth-order valence-corrected chi connectivity index (χ4v) is 3.74. The van der Waals surface area contributed by atoms with E-state index in [-0.39, 0.29) is 5.41 Å². The molecule has 0 aromatic heterocycles. The molecule has 1 saturated carbocycles. The van der Waals surface area contributed by atoms with Crippen LogP contribution < -0.4 is 5.32 Å². The molecular formula is C17H35NO. The number of rotatable bonds is 6. The van der Waals surface area contributed by atoms with Crippen molar-refractivity contribution in [1.29, 1.82) is 0 Å². The maximum absolute atomic E-state index is 6.12. The fraction of sp³-hybridized carbons (Fsp3) is 1.00. The Balaban J connectivity index is 2.78. The van der Waals surface area contributed by atoms with E-state index in [9.17, 15) is 0 Å². The topological polar surface area (TPSA) is 21.3 Å². The van der Waals surface area contributed by atoms with Gasteiger partial charge in [-0.05, 0) is 44.1 Å². The maximum atomic E-state index is 6.12. The van der Waals surface area contributed by atoms with Crippen molar-refractivity contribution in [2.45, 2.75) is 78.9 Å². The molecule has 1 rings (SSSR count). The molecule has 0 aromatic carbocycles. The van der Waals surface area contributed by atoms with Crippen LogP contribution in [-0.2, 0) is 4.74 Å². The van der Waals surface area contributed by atoms with E-state index < -0.39 is 0 Å². The van der Waals surface area contributed by atoms with Crippen LogP contribution in [0.15, 0.2) is 0 Å². The molecule has 4 unspecified atom stereocenters. The second kappa shape index (κ2) is 7.64. The van der Waals surface area contributed by atoms with Gasteiger partial charge in [0.25, 0.3) is 0 Å². The van der Waals surface area contributed by atoms with E-state index in [1.807, 2.05) is 0 Å². The first kappa shape index (κ1) is 17.0. The summed E-state index contributed by atoms with van der Waals surface area (Å²) in [5, 5.41) is 3.58. The third kappa shape index (κ3) is 4.75. The summed E-state index contributed by atoms with van der Waals surface area (Å²) >= 11 is 0. The lowest BCUT2D eigenvalue weighted by atomic mass is 9.71. The van der Waals surface area contributed by atoms with Gasteiger partial charge in [-0.3, -0.25) is 0 Å². The van der Waals surface area contributed by atoms with Gasteiger partial charge >= 0.3 is 0 Å². The summed E-state index contributed by atoms with van der Waals surface area (Å²) in [6.45, 7) is 12.2. The summed E-state index contributed by atoms with van der Waals surface area (Å²) in [5.41, 5.74) is 0.197. The smallest absolute Gasteiger partial charge is 0.0778 e. The summed E-state index contributed by atoms with van der Waals surface area (Å²) in [6, 6.07) is 0.495. The lowest BCUT2D eigenvalue weighted by Crippen LogP contribution is -2.52. The average molecular weight is 269 g/mol. The normalized spacial score (nSPS) is 28.1. The van der Waals surface area contributed by atoms with E-state index >= 15 is 0 Å². The minimum atomic E-state index is 0.197. The van der Waals surface area contributed by atoms with Crippen LogP contribution >= 0.6 is 0 Å². The first-order valence-corrected chi connectivity index (χ1v) is 8.22. The van der Waals surface area contributed by atoms with Crippen LogP contribution in [-0.4, -0.2) is 25.8 Å². The Labute approximate surface area is 120 Å². The van der Waals surface area contributed by atoms with Crippen LogP contribution in [0.5, 0.6) is 0 Å². The Hall–Kier alpha value is -0.0800. The minimum absolute atomic E-state index is 0.197. The van der Waals surface area contributed by atoms with Crippen molar-refractivity contribution in [3.63, 3.8) is 0 Å². The average Bonchev–Trinajstić information content (AvgIpc) is 2.38. The van der Waals surface area contributed by atoms with Crippen LogP contribution in [0.3, 0.4) is 0 Å². The first-order chi connectivity index (χ1) is 8.93. The standard InChI is InChI=1S/C17H35NO/c1-7-13-10-9-11-14(12-13)15(18-6)16(19-8-2)17(3,4)5/h13-16,18H,7-12H2,1-6H3. The third-order valence-electron chi connectivity index (χ3n) is 4.77. The molecule has 1 N–H and O–H groups in total. The molecule has 2 nitrogen and oxygen atoms in total. The van der Waals surface area contributed by atoms with Crippen LogP contribution in [0, 0.1) is 17.3 Å². The highest BCUT2D eigenvalue weighted by Gasteiger charge is 2.38. The SMILES string of the molecule is CCOC(C(NC)C1CCCC(CC)C1)C(C)(C)C. The molecule has 1 aliphatic rings. The van der Waals surface area contributed by atoms with E-state index in [2.05, 4.69) is 47.0 Å². The monoisotopic (exact) mass is 269 g/mol. The summed E-state index contributed by atoms with van der Waals surface area (Å²) in [4.78, 5) is 0. The number of ether oxygens (including phenoxy) is 1. The van der Waals surface area contributed by atoms with Gasteiger partial charge in [-0.2, -0.15) is 0 Å². The van der Waals surface area contributed by atoms with E-state index in [0.717, 1.165) is 18.4 Å². The molecule has 114 valence electrons. The molecule has 0 spiro atoms. The van der Waals surface area contributed by atoms with E-state index in [4.69, 9.17) is 4.74 Å². The maximum Gasteiger partial charge on any atom is 0.0778 e. The first-order valence-electron chi connectivity index (χ1n) is 8.22. The predicted octanol–water partition coefficient (Wildman–Crippen LogP) is 4.24. The van der Waals surface area contributed by atoms with E-state index in [1.165, 1.54) is 32.1 Å². The van der Waals surface area contributed by atoms with Gasteiger partial charge in [0.1, 0.15) is 0 Å². The number of hydrogen-bond acceptors (Lipinski definition) is 2. The van der Waals surface area contributed by atoms with Crippen LogP contribution in [0.2, 0.25) is 0 Å². The highest BCUT2D eigenvalue weighted by molar-refractivity contribution is 4.92. The molecule has 0 heterocycles. The lowest BCUT2D eigenvalue weighted by Gasteiger charge is -2.43. The summed E-state index contributed by atoms with van der Waals surface area (Å²) < 4.78 is 6.12. The minimum Gasteiger partial charge on any atom is -0.376 e. The third-order valence-corrected chi connectivity index (χ3v) is 4.77. The van der Waals surface area contributed by atoms with E-state index in [1.54, 1.807) is 0 Å². The number of hydrogen-bond donors (Lipinski definition) is 1. The molecule has 0 amide bonds. The van der Waals surface area contributed by atoms with Crippen molar-refractivity contribution in [2.75, 3.05) is 13.7 Å². The summed E-state index contributed by atoms with van der Waals surface area (Å²) in [7, 11) is 2.11. The lowest BCUT2D eigenvalue weighted by molar-refractivity contribution is -0.0532. The van der Waals surface area contributed by atoms with Crippen LogP contribution in [0.25, 0.3) is 0 Å². The second-order valence-corrected chi connectivity index (χ2v) is 7.26. The molecule has 0 radical (unpaired) electrons. The number of nitrogens with one attached hydrogen (secondary N) is 1. The largest absolute Gasteiger partial charge is 0.376 e. The Morgan fingerprint density at radius 1 is 1.21 bits per heavy atom. The molecule has 0 aliphatic heterocycles. The molecule has 1 aliphatic carbocycles. The van der Waals surface area contributed by atoms with Crippen LogP contribution in [0.1, 0.15) is 66.7 Å². The van der Waals surface area contributed by atoms with Crippen molar-refractivity contribution < 1.29 is 4.74 Å². The molecule has 0 aromatic rings. The number of likely N-dealkylation sites (N-methyl/N-ethyl adjacent to an activating group) is 1. The van der Waals surface area contributed by atoms with Gasteiger partial charge < -0.3 is 10.1 Å². The second-order valence-electron chi connectivity index (χ2n) is 7.26. The molecule has 0 saturated heterocycles. The molecular weight excluding hydrogens is 234 g/mol. The van der Waals surface area contributed by atoms with Crippen LogP contribution in [0.4, 0.5) is 0 Å². The van der Waals surface area contributed by atoms with Crippen molar-refractivity contribution in [3.05, 3.63) is 0 Å². The molecule has 4 atom stereocenters. The zero-order valence-corrected chi connectivity index (χ0v) is 14.0. The van der Waals surface area contributed by atoms with Crippen molar-refractivity contribution in [2.24, 2.45) is 17.3 Å². The Morgan fingerprint density at radius 3 is 2.37 bits per heavy atom. The summed E-state index contributed by atoms with van der Waals surface area (Å²) in [5.74, 6) is 1.70. The van der Waals surface area contributed by atoms with Gasteiger partial charge in [0, 0.05) is 12.6 Å². The highest BCUT2D eigenvalue weighted by atomic mass is 16.5. The zero-order valence-electron chi connectivity index (χ0n) is 14.0. The Morgan fingerprint density at radius 2 is 1.89 bits per heavy atom. The zero-order chi connectivity index (χ0) is 14.5. The molecule has 1 fully saturated rings. The predicted molar refractivity (Wildman–Crippen MR) is 83.5 cm³/mol. The Kier molecular flexibility index (Phi) is 6.82. The van der Waals surface area contributed by atoms with E-state index in [0.29, 0.717) is 12.1 Å². The summed E-state index contributed by atoms with van der Waals surface area (Å²) in [6.07, 6.45) is 7.20. The van der Waals surface area contributed by atoms with Gasteiger partial charge in [0.15, 0.2) is 0 Å². The quantitative estimate of drug-likeness (QED) is 0.778. The Bertz CT molecular complexity index is 246. The molecule has 2 heteroatoms. The van der Waals surface area contributed by atoms with Crippen molar-refractivity contribution in [3.8, 4) is 0 Å². The van der Waals surface area contributed by atoms with Gasteiger partial charge in [0.05, 0.1) is 6.10 Å². The highest BCUT2D eigenvalue weighted by Crippen LogP contribution is 2.37. The van der Waals surface area contributed by atoms with Crippen molar-refractivity contribution in [1.82, 2.24) is 5.32 Å². The van der Waals surface area contributed by atoms with Gasteiger partial charge in [-0.1, -0.05) is 47.0 Å². The van der Waals surface area contributed by atoms with Gasteiger partial charge in [-0.15, -0.1) is 0 Å². The molecule has 19 heavy (non-hydrogen) atoms. The fourth-order valence-electron chi connectivity index (χ4n) is 3.74.